The highest BCUT2D eigenvalue weighted by Crippen LogP contribution is 2.44. The molecule has 2 saturated carbocycles. The number of rotatable bonds is 6. The van der Waals surface area contributed by atoms with Gasteiger partial charge in [0.15, 0.2) is 0 Å². The van der Waals surface area contributed by atoms with Gasteiger partial charge in [0, 0.05) is 12.5 Å². The summed E-state index contributed by atoms with van der Waals surface area (Å²) >= 11 is 0. The average Bonchev–Trinajstić information content (AvgIpc) is 3.27. The molecule has 0 atom stereocenters. The van der Waals surface area contributed by atoms with Gasteiger partial charge in [0.25, 0.3) is 5.91 Å². The van der Waals surface area contributed by atoms with Crippen LogP contribution >= 0.6 is 0 Å². The zero-order chi connectivity index (χ0) is 16.4. The van der Waals surface area contributed by atoms with Crippen LogP contribution in [0.25, 0.3) is 0 Å². The van der Waals surface area contributed by atoms with Crippen molar-refractivity contribution in [3.05, 3.63) is 29.8 Å². The summed E-state index contributed by atoms with van der Waals surface area (Å²) < 4.78 is 0. The molecule has 0 aromatic heterocycles. The van der Waals surface area contributed by atoms with Crippen LogP contribution in [0, 0.1) is 5.41 Å². The predicted molar refractivity (Wildman–Crippen MR) is 84.1 cm³/mol. The van der Waals surface area contributed by atoms with Crippen LogP contribution in [-0.4, -0.2) is 28.9 Å². The molecule has 1 aromatic carbocycles. The lowest BCUT2D eigenvalue weighted by Crippen LogP contribution is -2.41. The summed E-state index contributed by atoms with van der Waals surface area (Å²) in [6, 6.07) is 7.02. The van der Waals surface area contributed by atoms with Crippen LogP contribution < -0.4 is 10.6 Å². The second-order valence-electron chi connectivity index (χ2n) is 6.46. The van der Waals surface area contributed by atoms with Gasteiger partial charge in [-0.25, -0.2) is 0 Å². The Morgan fingerprint density at radius 1 is 1.17 bits per heavy atom. The number of para-hydroxylation sites is 1. The first-order chi connectivity index (χ1) is 11.0. The highest BCUT2D eigenvalue weighted by atomic mass is 16.4. The van der Waals surface area contributed by atoms with Crippen LogP contribution in [0.5, 0.6) is 0 Å². The average molecular weight is 316 g/mol. The number of carboxylic acid groups (broad SMARTS) is 1. The third-order valence-electron chi connectivity index (χ3n) is 4.62. The molecule has 0 spiro atoms. The highest BCUT2D eigenvalue weighted by molar-refractivity contribution is 6.04. The van der Waals surface area contributed by atoms with E-state index in [0.29, 0.717) is 24.1 Å². The molecule has 0 radical (unpaired) electrons. The minimum Gasteiger partial charge on any atom is -0.481 e. The number of anilines is 1. The number of nitrogens with one attached hydrogen (secondary N) is 2. The van der Waals surface area contributed by atoms with E-state index in [-0.39, 0.29) is 24.3 Å². The molecule has 3 N–H and O–H groups in total. The maximum atomic E-state index is 12.2. The normalized spacial score (nSPS) is 18.6. The fourth-order valence-corrected chi connectivity index (χ4v) is 2.85. The van der Waals surface area contributed by atoms with Crippen molar-refractivity contribution in [1.82, 2.24) is 5.32 Å². The monoisotopic (exact) mass is 316 g/mol. The summed E-state index contributed by atoms with van der Waals surface area (Å²) in [6.45, 7) is 0. The molecule has 122 valence electrons. The number of carboxylic acids is 1. The van der Waals surface area contributed by atoms with Crippen LogP contribution in [0.3, 0.4) is 0 Å². The largest absolute Gasteiger partial charge is 0.481 e. The van der Waals surface area contributed by atoms with Gasteiger partial charge in [-0.2, -0.15) is 0 Å². The Morgan fingerprint density at radius 3 is 2.43 bits per heavy atom. The minimum absolute atomic E-state index is 0.0547. The van der Waals surface area contributed by atoms with Crippen molar-refractivity contribution in [2.45, 2.75) is 44.6 Å². The molecular weight excluding hydrogens is 296 g/mol. The molecule has 0 saturated heterocycles. The summed E-state index contributed by atoms with van der Waals surface area (Å²) in [5, 5.41) is 14.9. The number of amides is 2. The van der Waals surface area contributed by atoms with Gasteiger partial charge in [-0.05, 0) is 37.8 Å². The lowest BCUT2D eigenvalue weighted by molar-refractivity contribution is -0.157. The molecule has 3 rings (SSSR count). The molecule has 2 aliphatic rings. The highest BCUT2D eigenvalue weighted by Gasteiger charge is 2.46. The van der Waals surface area contributed by atoms with Gasteiger partial charge in [-0.1, -0.05) is 18.6 Å². The van der Waals surface area contributed by atoms with E-state index in [9.17, 15) is 19.5 Å². The third-order valence-corrected chi connectivity index (χ3v) is 4.62. The van der Waals surface area contributed by atoms with Crippen LogP contribution in [0.15, 0.2) is 24.3 Å². The van der Waals surface area contributed by atoms with Gasteiger partial charge in [-0.15, -0.1) is 0 Å². The van der Waals surface area contributed by atoms with Crippen molar-refractivity contribution >= 4 is 23.5 Å². The number of carbonyl (C=O) groups excluding carboxylic acids is 2. The van der Waals surface area contributed by atoms with Gasteiger partial charge in [0.05, 0.1) is 16.7 Å². The lowest BCUT2D eigenvalue weighted by Gasteiger charge is -2.36. The van der Waals surface area contributed by atoms with Crippen molar-refractivity contribution in [2.24, 2.45) is 5.41 Å². The fourth-order valence-electron chi connectivity index (χ4n) is 2.85. The number of carbonyl (C=O) groups is 3. The summed E-state index contributed by atoms with van der Waals surface area (Å²) in [5.41, 5.74) is -0.101. The molecule has 0 heterocycles. The zero-order valence-electron chi connectivity index (χ0n) is 12.8. The van der Waals surface area contributed by atoms with Crippen molar-refractivity contribution in [3.63, 3.8) is 0 Å². The van der Waals surface area contributed by atoms with Crippen LogP contribution in [0.1, 0.15) is 48.9 Å². The Labute approximate surface area is 134 Å². The van der Waals surface area contributed by atoms with Crippen LogP contribution in [0.4, 0.5) is 5.69 Å². The Bertz CT molecular complexity index is 648. The Hall–Kier alpha value is -2.37. The number of aliphatic carboxylic acids is 1. The number of hydrogen-bond acceptors (Lipinski definition) is 3. The first kappa shape index (κ1) is 15.5. The molecule has 0 aliphatic heterocycles. The second kappa shape index (κ2) is 6.02. The molecule has 2 amide bonds. The molecule has 23 heavy (non-hydrogen) atoms. The molecule has 2 fully saturated rings. The van der Waals surface area contributed by atoms with E-state index in [2.05, 4.69) is 10.6 Å². The summed E-state index contributed by atoms with van der Waals surface area (Å²) in [6.07, 6.45) is 3.81. The summed E-state index contributed by atoms with van der Waals surface area (Å²) in [5.74, 6) is -1.49. The van der Waals surface area contributed by atoms with Gasteiger partial charge < -0.3 is 15.7 Å². The van der Waals surface area contributed by atoms with Crippen LogP contribution in [-0.2, 0) is 9.59 Å². The van der Waals surface area contributed by atoms with Gasteiger partial charge in [-0.3, -0.25) is 14.4 Å². The SMILES string of the molecule is O=C(CC1(C(=O)O)CCC1)Nc1ccccc1C(=O)NC1CC1. The molecule has 0 bridgehead atoms. The summed E-state index contributed by atoms with van der Waals surface area (Å²) in [7, 11) is 0. The van der Waals surface area contributed by atoms with Gasteiger partial charge in [0.2, 0.25) is 5.91 Å². The van der Waals surface area contributed by atoms with E-state index in [4.69, 9.17) is 0 Å². The van der Waals surface area contributed by atoms with E-state index < -0.39 is 11.4 Å². The zero-order valence-corrected chi connectivity index (χ0v) is 12.8. The van der Waals surface area contributed by atoms with Gasteiger partial charge >= 0.3 is 5.97 Å². The van der Waals surface area contributed by atoms with Crippen molar-refractivity contribution in [2.75, 3.05) is 5.32 Å². The quantitative estimate of drug-likeness (QED) is 0.749. The lowest BCUT2D eigenvalue weighted by atomic mass is 9.66. The van der Waals surface area contributed by atoms with E-state index in [0.717, 1.165) is 19.3 Å². The fraction of sp³-hybridized carbons (Fsp3) is 0.471. The molecule has 6 nitrogen and oxygen atoms in total. The third kappa shape index (κ3) is 3.36. The predicted octanol–water partition coefficient (Wildman–Crippen LogP) is 2.16. The first-order valence-electron chi connectivity index (χ1n) is 7.93. The maximum absolute atomic E-state index is 12.2. The summed E-state index contributed by atoms with van der Waals surface area (Å²) in [4.78, 5) is 35.8. The van der Waals surface area contributed by atoms with E-state index in [1.165, 1.54) is 0 Å². The molecular formula is C17H20N2O4. The Kier molecular flexibility index (Phi) is 4.07. The second-order valence-corrected chi connectivity index (χ2v) is 6.46. The molecule has 2 aliphatic carbocycles. The standard InChI is InChI=1S/C17H20N2O4/c20-14(10-17(16(22)23)8-3-9-17)19-13-5-2-1-4-12(13)15(21)18-11-6-7-11/h1-2,4-5,11H,3,6-10H2,(H,18,21)(H,19,20)(H,22,23). The molecule has 0 unspecified atom stereocenters. The molecule has 6 heteroatoms. The minimum atomic E-state index is -0.935. The van der Waals surface area contributed by atoms with E-state index in [1.807, 2.05) is 0 Å². The maximum Gasteiger partial charge on any atom is 0.310 e. The van der Waals surface area contributed by atoms with Crippen molar-refractivity contribution in [3.8, 4) is 0 Å². The van der Waals surface area contributed by atoms with Crippen molar-refractivity contribution < 1.29 is 19.5 Å². The van der Waals surface area contributed by atoms with Crippen LogP contribution in [0.2, 0.25) is 0 Å². The number of hydrogen-bond donors (Lipinski definition) is 3. The molecule has 1 aromatic rings. The smallest absolute Gasteiger partial charge is 0.310 e. The van der Waals surface area contributed by atoms with Gasteiger partial charge in [0.1, 0.15) is 0 Å². The topological polar surface area (TPSA) is 95.5 Å². The number of benzene rings is 1. The Balaban J connectivity index is 1.68. The Morgan fingerprint density at radius 2 is 1.87 bits per heavy atom. The van der Waals surface area contributed by atoms with Crippen molar-refractivity contribution in [1.29, 1.82) is 0 Å². The van der Waals surface area contributed by atoms with E-state index >= 15 is 0 Å². The van der Waals surface area contributed by atoms with E-state index in [1.54, 1.807) is 24.3 Å². The first-order valence-corrected chi connectivity index (χ1v) is 7.93.